The quantitative estimate of drug-likeness (QED) is 0.607. The summed E-state index contributed by atoms with van der Waals surface area (Å²) in [6.45, 7) is 10.2. The van der Waals surface area contributed by atoms with E-state index in [1.54, 1.807) is 0 Å². The van der Waals surface area contributed by atoms with Gasteiger partial charge in [0.15, 0.2) is 0 Å². The number of aliphatic hydroxyl groups excluding tert-OH is 1. The van der Waals surface area contributed by atoms with Crippen LogP contribution in [0.25, 0.3) is 0 Å². The lowest BCUT2D eigenvalue weighted by atomic mass is 9.94. The maximum absolute atomic E-state index is 9.04. The van der Waals surface area contributed by atoms with Gasteiger partial charge in [-0.15, -0.1) is 0 Å². The molecule has 0 aromatic heterocycles. The molecule has 72 valence electrons. The van der Waals surface area contributed by atoms with Crippen molar-refractivity contribution in [3.63, 3.8) is 0 Å². The van der Waals surface area contributed by atoms with E-state index in [1.807, 2.05) is 6.92 Å². The summed E-state index contributed by atoms with van der Waals surface area (Å²) in [5.41, 5.74) is 1.33. The number of aliphatic hydroxyl groups is 1. The first-order valence-corrected chi connectivity index (χ1v) is 4.93. The number of hydrogen-bond donors (Lipinski definition) is 1. The normalized spacial score (nSPS) is 15.7. The van der Waals surface area contributed by atoms with E-state index in [0.717, 1.165) is 25.7 Å². The minimum Gasteiger partial charge on any atom is -0.393 e. The summed E-state index contributed by atoms with van der Waals surface area (Å²) in [7, 11) is 0. The van der Waals surface area contributed by atoms with Gasteiger partial charge >= 0.3 is 0 Å². The molecule has 0 aromatic rings. The van der Waals surface area contributed by atoms with Gasteiger partial charge in [-0.2, -0.15) is 0 Å². The van der Waals surface area contributed by atoms with Crippen molar-refractivity contribution in [1.29, 1.82) is 0 Å². The molecule has 0 amide bonds. The summed E-state index contributed by atoms with van der Waals surface area (Å²) in [4.78, 5) is 0. The first-order valence-electron chi connectivity index (χ1n) is 4.93. The van der Waals surface area contributed by atoms with E-state index in [-0.39, 0.29) is 6.10 Å². The first-order chi connectivity index (χ1) is 5.57. The van der Waals surface area contributed by atoms with E-state index in [9.17, 15) is 0 Å². The third-order valence-corrected chi connectivity index (χ3v) is 2.41. The van der Waals surface area contributed by atoms with E-state index < -0.39 is 0 Å². The highest BCUT2D eigenvalue weighted by Gasteiger charge is 2.05. The van der Waals surface area contributed by atoms with Gasteiger partial charge in [-0.25, -0.2) is 0 Å². The van der Waals surface area contributed by atoms with Crippen molar-refractivity contribution in [3.8, 4) is 0 Å². The third kappa shape index (κ3) is 5.36. The van der Waals surface area contributed by atoms with Crippen molar-refractivity contribution in [2.75, 3.05) is 0 Å². The predicted octanol–water partition coefficient (Wildman–Crippen LogP) is 3.14. The zero-order valence-electron chi connectivity index (χ0n) is 8.64. The molecule has 1 heteroatoms. The average molecular weight is 170 g/mol. The van der Waals surface area contributed by atoms with E-state index in [2.05, 4.69) is 20.4 Å². The van der Waals surface area contributed by atoms with Crippen LogP contribution in [0, 0.1) is 5.92 Å². The molecular weight excluding hydrogens is 148 g/mol. The average Bonchev–Trinajstić information content (AvgIpc) is 2.02. The summed E-state index contributed by atoms with van der Waals surface area (Å²) in [5, 5.41) is 9.04. The highest BCUT2D eigenvalue weighted by atomic mass is 16.3. The molecule has 0 fully saturated rings. The molecule has 1 nitrogen and oxygen atoms in total. The molecule has 0 spiro atoms. The smallest absolute Gasteiger partial charge is 0.0512 e. The molecule has 1 N–H and O–H groups in total. The number of rotatable bonds is 6. The highest BCUT2D eigenvalue weighted by molar-refractivity contribution is 4.97. The van der Waals surface area contributed by atoms with Crippen molar-refractivity contribution < 1.29 is 5.11 Å². The molecule has 0 aliphatic carbocycles. The van der Waals surface area contributed by atoms with Gasteiger partial charge < -0.3 is 5.11 Å². The van der Waals surface area contributed by atoms with Crippen LogP contribution in [-0.4, -0.2) is 11.2 Å². The molecule has 0 aliphatic heterocycles. The Morgan fingerprint density at radius 2 is 1.92 bits per heavy atom. The second-order valence-electron chi connectivity index (χ2n) is 3.69. The minimum absolute atomic E-state index is 0.146. The molecule has 0 radical (unpaired) electrons. The van der Waals surface area contributed by atoms with Crippen molar-refractivity contribution in [2.45, 2.75) is 52.6 Å². The molecule has 0 rings (SSSR count). The lowest BCUT2D eigenvalue weighted by molar-refractivity contribution is 0.179. The highest BCUT2D eigenvalue weighted by Crippen LogP contribution is 2.18. The number of allylic oxidation sites excluding steroid dienone is 1. The summed E-state index contributed by atoms with van der Waals surface area (Å²) in [5.74, 6) is 0.619. The van der Waals surface area contributed by atoms with Gasteiger partial charge in [-0.1, -0.05) is 32.4 Å². The van der Waals surface area contributed by atoms with Gasteiger partial charge in [0, 0.05) is 0 Å². The molecule has 2 atom stereocenters. The van der Waals surface area contributed by atoms with E-state index in [0.29, 0.717) is 5.92 Å². The molecule has 0 saturated heterocycles. The maximum atomic E-state index is 9.04. The maximum Gasteiger partial charge on any atom is 0.0512 e. The lowest BCUT2D eigenvalue weighted by Crippen LogP contribution is -2.02. The predicted molar refractivity (Wildman–Crippen MR) is 54.1 cm³/mol. The molecule has 2 unspecified atom stereocenters. The van der Waals surface area contributed by atoms with Crippen molar-refractivity contribution >= 4 is 0 Å². The van der Waals surface area contributed by atoms with Gasteiger partial charge in [0.05, 0.1) is 6.10 Å². The van der Waals surface area contributed by atoms with Crippen LogP contribution in [0.4, 0.5) is 0 Å². The third-order valence-electron chi connectivity index (χ3n) is 2.41. The van der Waals surface area contributed by atoms with Gasteiger partial charge in [-0.05, 0) is 32.1 Å². The molecule has 0 aliphatic rings. The Morgan fingerprint density at radius 3 is 2.33 bits per heavy atom. The fourth-order valence-electron chi connectivity index (χ4n) is 1.27. The Labute approximate surface area is 76.5 Å². The van der Waals surface area contributed by atoms with Gasteiger partial charge in [0.1, 0.15) is 0 Å². The van der Waals surface area contributed by atoms with E-state index in [4.69, 9.17) is 5.11 Å². The summed E-state index contributed by atoms with van der Waals surface area (Å²) >= 11 is 0. The monoisotopic (exact) mass is 170 g/mol. The molecule has 0 aromatic carbocycles. The second kappa shape index (κ2) is 6.24. The molecular formula is C11H22O. The van der Waals surface area contributed by atoms with E-state index in [1.165, 1.54) is 5.57 Å². The van der Waals surface area contributed by atoms with Gasteiger partial charge in [-0.3, -0.25) is 0 Å². The summed E-state index contributed by atoms with van der Waals surface area (Å²) < 4.78 is 0. The van der Waals surface area contributed by atoms with Crippen LogP contribution >= 0.6 is 0 Å². The van der Waals surface area contributed by atoms with Crippen molar-refractivity contribution in [2.24, 2.45) is 5.92 Å². The topological polar surface area (TPSA) is 20.2 Å². The minimum atomic E-state index is -0.146. The van der Waals surface area contributed by atoms with E-state index >= 15 is 0 Å². The van der Waals surface area contributed by atoms with Crippen LogP contribution in [0.5, 0.6) is 0 Å². The van der Waals surface area contributed by atoms with Crippen molar-refractivity contribution in [3.05, 3.63) is 12.2 Å². The molecule has 0 bridgehead atoms. The molecule has 0 saturated carbocycles. The Hall–Kier alpha value is -0.300. The summed E-state index contributed by atoms with van der Waals surface area (Å²) in [6, 6.07) is 0. The van der Waals surface area contributed by atoms with Crippen LogP contribution in [-0.2, 0) is 0 Å². The summed E-state index contributed by atoms with van der Waals surface area (Å²) in [6.07, 6.45) is 4.12. The van der Waals surface area contributed by atoms with Crippen LogP contribution in [0.1, 0.15) is 46.5 Å². The molecule has 0 heterocycles. The van der Waals surface area contributed by atoms with Crippen LogP contribution in [0.15, 0.2) is 12.2 Å². The van der Waals surface area contributed by atoms with Gasteiger partial charge in [0.2, 0.25) is 0 Å². The Kier molecular flexibility index (Phi) is 6.09. The zero-order valence-corrected chi connectivity index (χ0v) is 8.64. The standard InChI is InChI=1S/C11H22O/c1-5-9(2)10(3)7-6-8-11(4)12/h10-12H,2,5-8H2,1,3-4H3. The lowest BCUT2D eigenvalue weighted by Gasteiger charge is -2.13. The van der Waals surface area contributed by atoms with Crippen molar-refractivity contribution in [1.82, 2.24) is 0 Å². The SMILES string of the molecule is C=C(CC)C(C)CCCC(C)O. The number of hydrogen-bond acceptors (Lipinski definition) is 1. The fraction of sp³-hybridized carbons (Fsp3) is 0.818. The Morgan fingerprint density at radius 1 is 1.33 bits per heavy atom. The fourth-order valence-corrected chi connectivity index (χ4v) is 1.27. The Balaban J connectivity index is 3.43. The largest absolute Gasteiger partial charge is 0.393 e. The molecule has 12 heavy (non-hydrogen) atoms. The van der Waals surface area contributed by atoms with Crippen LogP contribution in [0.3, 0.4) is 0 Å². The van der Waals surface area contributed by atoms with Gasteiger partial charge in [0.25, 0.3) is 0 Å². The Bertz CT molecular complexity index is 127. The van der Waals surface area contributed by atoms with Crippen LogP contribution < -0.4 is 0 Å². The second-order valence-corrected chi connectivity index (χ2v) is 3.69. The first kappa shape index (κ1) is 11.7. The zero-order chi connectivity index (χ0) is 9.56. The van der Waals surface area contributed by atoms with Crippen LogP contribution in [0.2, 0.25) is 0 Å².